The second-order valence-electron chi connectivity index (χ2n) is 6.34. The molecule has 3 rings (SSSR count). The zero-order valence-electron chi connectivity index (χ0n) is 15.5. The third-order valence-corrected chi connectivity index (χ3v) is 4.98. The Kier molecular flexibility index (Phi) is 5.56. The number of ether oxygens (including phenoxy) is 1. The standard InChI is InChI=1S/C20H20ClN3O4/c1-3-20(13-8-10-14(21)11-9-13)18(26)24(19(27)23-20)12-17(25)22-15-6-4-5-7-16(15)28-2/h4-11H,3,12H2,1-2H3,(H,22,25)(H,23,27)/t20-/m1/s1. The van der Waals surface area contributed by atoms with E-state index in [1.165, 1.54) is 7.11 Å². The van der Waals surface area contributed by atoms with Gasteiger partial charge in [-0.15, -0.1) is 0 Å². The highest BCUT2D eigenvalue weighted by Gasteiger charge is 2.51. The first-order valence-electron chi connectivity index (χ1n) is 8.74. The van der Waals surface area contributed by atoms with E-state index in [1.54, 1.807) is 55.5 Å². The average Bonchev–Trinajstić information content (AvgIpc) is 2.94. The Labute approximate surface area is 167 Å². The summed E-state index contributed by atoms with van der Waals surface area (Å²) < 4.78 is 5.19. The van der Waals surface area contributed by atoms with Gasteiger partial charge >= 0.3 is 6.03 Å². The molecule has 0 spiro atoms. The van der Waals surface area contributed by atoms with Crippen molar-refractivity contribution >= 4 is 35.1 Å². The van der Waals surface area contributed by atoms with Gasteiger partial charge in [0.1, 0.15) is 17.8 Å². The van der Waals surface area contributed by atoms with Crippen LogP contribution in [0.3, 0.4) is 0 Å². The smallest absolute Gasteiger partial charge is 0.325 e. The van der Waals surface area contributed by atoms with Crippen molar-refractivity contribution in [2.45, 2.75) is 18.9 Å². The number of benzene rings is 2. The molecule has 1 saturated heterocycles. The topological polar surface area (TPSA) is 87.7 Å². The number of amides is 4. The average molecular weight is 402 g/mol. The van der Waals surface area contributed by atoms with E-state index in [9.17, 15) is 14.4 Å². The maximum atomic E-state index is 13.1. The number of rotatable bonds is 6. The fraction of sp³-hybridized carbons (Fsp3) is 0.250. The molecule has 1 aliphatic heterocycles. The van der Waals surface area contributed by atoms with Gasteiger partial charge in [-0.3, -0.25) is 14.5 Å². The van der Waals surface area contributed by atoms with Gasteiger partial charge < -0.3 is 15.4 Å². The fourth-order valence-electron chi connectivity index (χ4n) is 3.22. The highest BCUT2D eigenvalue weighted by atomic mass is 35.5. The quantitative estimate of drug-likeness (QED) is 0.728. The van der Waals surface area contributed by atoms with Gasteiger partial charge in [-0.2, -0.15) is 0 Å². The molecule has 146 valence electrons. The van der Waals surface area contributed by atoms with E-state index in [0.717, 1.165) is 4.90 Å². The number of nitrogens with zero attached hydrogens (tertiary/aromatic N) is 1. The number of imide groups is 1. The number of hydrogen-bond acceptors (Lipinski definition) is 4. The van der Waals surface area contributed by atoms with E-state index < -0.39 is 29.9 Å². The van der Waals surface area contributed by atoms with E-state index in [4.69, 9.17) is 16.3 Å². The highest BCUT2D eigenvalue weighted by Crippen LogP contribution is 2.33. The van der Waals surface area contributed by atoms with Gasteiger partial charge in [-0.05, 0) is 36.2 Å². The number of anilines is 1. The van der Waals surface area contributed by atoms with E-state index >= 15 is 0 Å². The predicted molar refractivity (Wildman–Crippen MR) is 105 cm³/mol. The number of nitrogens with one attached hydrogen (secondary N) is 2. The summed E-state index contributed by atoms with van der Waals surface area (Å²) in [7, 11) is 1.49. The minimum Gasteiger partial charge on any atom is -0.495 e. The Hall–Kier alpha value is -3.06. The monoisotopic (exact) mass is 401 g/mol. The third-order valence-electron chi connectivity index (χ3n) is 4.73. The van der Waals surface area contributed by atoms with Crippen molar-refractivity contribution in [2.24, 2.45) is 0 Å². The van der Waals surface area contributed by atoms with Crippen LogP contribution in [0.5, 0.6) is 5.75 Å². The molecule has 2 N–H and O–H groups in total. The minimum absolute atomic E-state index is 0.337. The molecule has 0 saturated carbocycles. The van der Waals surface area contributed by atoms with Crippen LogP contribution in [0.1, 0.15) is 18.9 Å². The van der Waals surface area contributed by atoms with Crippen molar-refractivity contribution in [3.8, 4) is 5.75 Å². The summed E-state index contributed by atoms with van der Waals surface area (Å²) >= 11 is 5.93. The fourth-order valence-corrected chi connectivity index (χ4v) is 3.35. The van der Waals surface area contributed by atoms with Crippen LogP contribution in [0.25, 0.3) is 0 Å². The summed E-state index contributed by atoms with van der Waals surface area (Å²) in [5, 5.41) is 5.93. The molecule has 0 radical (unpaired) electrons. The van der Waals surface area contributed by atoms with Gasteiger partial charge in [0, 0.05) is 5.02 Å². The lowest BCUT2D eigenvalue weighted by atomic mass is 9.87. The summed E-state index contributed by atoms with van der Waals surface area (Å²) in [5.41, 5.74) is -0.140. The van der Waals surface area contributed by atoms with E-state index in [-0.39, 0.29) is 0 Å². The molecule has 0 aromatic heterocycles. The first kappa shape index (κ1) is 19.7. The molecular weight excluding hydrogens is 382 g/mol. The van der Waals surface area contributed by atoms with Crippen molar-refractivity contribution in [1.29, 1.82) is 0 Å². The molecule has 0 bridgehead atoms. The molecule has 28 heavy (non-hydrogen) atoms. The number of carbonyl (C=O) groups is 3. The second-order valence-corrected chi connectivity index (χ2v) is 6.77. The number of methoxy groups -OCH3 is 1. The maximum Gasteiger partial charge on any atom is 0.325 e. The first-order valence-corrected chi connectivity index (χ1v) is 9.12. The molecule has 1 atom stereocenters. The number of carbonyl (C=O) groups excluding carboxylic acids is 3. The lowest BCUT2D eigenvalue weighted by molar-refractivity contribution is -0.134. The lowest BCUT2D eigenvalue weighted by Crippen LogP contribution is -2.44. The Morgan fingerprint density at radius 1 is 1.18 bits per heavy atom. The zero-order valence-corrected chi connectivity index (χ0v) is 16.2. The molecule has 2 aromatic rings. The molecule has 7 nitrogen and oxygen atoms in total. The summed E-state index contributed by atoms with van der Waals surface area (Å²) in [6, 6.07) is 13.0. The van der Waals surface area contributed by atoms with Crippen molar-refractivity contribution in [2.75, 3.05) is 19.0 Å². The SMILES string of the molecule is CC[C@]1(c2ccc(Cl)cc2)NC(=O)N(CC(=O)Nc2ccccc2OC)C1=O. The highest BCUT2D eigenvalue weighted by molar-refractivity contribution is 6.30. The van der Waals surface area contributed by atoms with Gasteiger partial charge in [0.2, 0.25) is 5.91 Å². The number of urea groups is 1. The van der Waals surface area contributed by atoms with Gasteiger partial charge in [-0.1, -0.05) is 42.8 Å². The number of hydrogen-bond donors (Lipinski definition) is 2. The first-order chi connectivity index (χ1) is 13.4. The second kappa shape index (κ2) is 7.90. The summed E-state index contributed by atoms with van der Waals surface area (Å²) in [5.74, 6) is -0.495. The van der Waals surface area contributed by atoms with Crippen LogP contribution in [-0.4, -0.2) is 36.4 Å². The summed E-state index contributed by atoms with van der Waals surface area (Å²) in [6.45, 7) is 1.39. The van der Waals surface area contributed by atoms with Crippen LogP contribution in [0.4, 0.5) is 10.5 Å². The summed E-state index contributed by atoms with van der Waals surface area (Å²) in [4.78, 5) is 38.9. The van der Waals surface area contributed by atoms with Crippen LogP contribution < -0.4 is 15.4 Å². The van der Waals surface area contributed by atoms with Crippen molar-refractivity contribution in [1.82, 2.24) is 10.2 Å². The third kappa shape index (κ3) is 3.53. The van der Waals surface area contributed by atoms with Crippen LogP contribution in [0.15, 0.2) is 48.5 Å². The van der Waals surface area contributed by atoms with Gasteiger partial charge in [0.05, 0.1) is 12.8 Å². The van der Waals surface area contributed by atoms with Crippen LogP contribution in [0, 0.1) is 0 Å². The van der Waals surface area contributed by atoms with Crippen LogP contribution in [0.2, 0.25) is 5.02 Å². The molecular formula is C20H20ClN3O4. The van der Waals surface area contributed by atoms with E-state index in [2.05, 4.69) is 10.6 Å². The van der Waals surface area contributed by atoms with Crippen molar-refractivity contribution in [3.05, 3.63) is 59.1 Å². The van der Waals surface area contributed by atoms with Gasteiger partial charge in [-0.25, -0.2) is 4.79 Å². The Balaban J connectivity index is 1.79. The molecule has 2 aromatic carbocycles. The van der Waals surface area contributed by atoms with Gasteiger partial charge in [0.25, 0.3) is 5.91 Å². The Bertz CT molecular complexity index is 916. The Morgan fingerprint density at radius 3 is 2.50 bits per heavy atom. The number of halogens is 1. The van der Waals surface area contributed by atoms with E-state index in [0.29, 0.717) is 28.4 Å². The summed E-state index contributed by atoms with van der Waals surface area (Å²) in [6.07, 6.45) is 0.337. The number of para-hydroxylation sites is 2. The van der Waals surface area contributed by atoms with Crippen molar-refractivity contribution < 1.29 is 19.1 Å². The minimum atomic E-state index is -1.22. The van der Waals surface area contributed by atoms with Crippen molar-refractivity contribution in [3.63, 3.8) is 0 Å². The van der Waals surface area contributed by atoms with Crippen LogP contribution in [-0.2, 0) is 15.1 Å². The molecule has 0 unspecified atom stereocenters. The van der Waals surface area contributed by atoms with E-state index in [1.807, 2.05) is 0 Å². The zero-order chi connectivity index (χ0) is 20.3. The van der Waals surface area contributed by atoms with Crippen LogP contribution >= 0.6 is 11.6 Å². The molecule has 1 heterocycles. The lowest BCUT2D eigenvalue weighted by Gasteiger charge is -2.25. The molecule has 1 fully saturated rings. The molecule has 0 aliphatic carbocycles. The molecule has 1 aliphatic rings. The van der Waals surface area contributed by atoms with Gasteiger partial charge in [0.15, 0.2) is 0 Å². The maximum absolute atomic E-state index is 13.1. The molecule has 4 amide bonds. The predicted octanol–water partition coefficient (Wildman–Crippen LogP) is 3.14. The largest absolute Gasteiger partial charge is 0.495 e. The molecule has 8 heteroatoms. The normalized spacial score (nSPS) is 18.8. The Morgan fingerprint density at radius 2 is 1.86 bits per heavy atom.